The van der Waals surface area contributed by atoms with E-state index in [2.05, 4.69) is 36.7 Å². The van der Waals surface area contributed by atoms with Crippen LogP contribution in [0.4, 0.5) is 0 Å². The molecule has 2 nitrogen and oxygen atoms in total. The van der Waals surface area contributed by atoms with Crippen LogP contribution in [0.1, 0.15) is 36.7 Å². The van der Waals surface area contributed by atoms with Crippen molar-refractivity contribution in [1.29, 1.82) is 0 Å². The van der Waals surface area contributed by atoms with Crippen molar-refractivity contribution in [3.8, 4) is 0 Å². The lowest BCUT2D eigenvalue weighted by atomic mass is 9.86. The minimum atomic E-state index is -0.400. The Kier molecular flexibility index (Phi) is 3.00. The first-order valence-corrected chi connectivity index (χ1v) is 5.21. The molecular formula is C11H14BrNO. The van der Waals surface area contributed by atoms with Crippen LogP contribution in [0.3, 0.4) is 0 Å². The van der Waals surface area contributed by atoms with E-state index in [-0.39, 0.29) is 5.41 Å². The lowest BCUT2D eigenvalue weighted by Gasteiger charge is -2.19. The third-order valence-electron chi connectivity index (χ3n) is 2.10. The van der Waals surface area contributed by atoms with Crippen LogP contribution in [0.15, 0.2) is 22.7 Å². The van der Waals surface area contributed by atoms with Crippen LogP contribution in [0.2, 0.25) is 0 Å². The molecule has 0 fully saturated rings. The summed E-state index contributed by atoms with van der Waals surface area (Å²) in [6, 6.07) is 5.70. The van der Waals surface area contributed by atoms with Crippen molar-refractivity contribution in [2.45, 2.75) is 26.2 Å². The van der Waals surface area contributed by atoms with Crippen LogP contribution < -0.4 is 5.73 Å². The van der Waals surface area contributed by atoms with Gasteiger partial charge in [-0.3, -0.25) is 4.79 Å². The highest BCUT2D eigenvalue weighted by molar-refractivity contribution is 9.10. The highest BCUT2D eigenvalue weighted by Crippen LogP contribution is 2.26. The maximum atomic E-state index is 11.1. The number of carbonyl (C=O) groups is 1. The topological polar surface area (TPSA) is 43.1 Å². The molecule has 1 aromatic rings. The molecule has 1 amide bonds. The van der Waals surface area contributed by atoms with Gasteiger partial charge in [-0.1, -0.05) is 26.8 Å². The molecule has 0 radical (unpaired) electrons. The predicted molar refractivity (Wildman–Crippen MR) is 61.4 cm³/mol. The number of hydrogen-bond acceptors (Lipinski definition) is 1. The molecule has 0 saturated heterocycles. The van der Waals surface area contributed by atoms with Gasteiger partial charge in [-0.25, -0.2) is 0 Å². The van der Waals surface area contributed by atoms with Crippen molar-refractivity contribution in [3.05, 3.63) is 33.8 Å². The monoisotopic (exact) mass is 255 g/mol. The van der Waals surface area contributed by atoms with Gasteiger partial charge in [0.05, 0.1) is 5.56 Å². The summed E-state index contributed by atoms with van der Waals surface area (Å²) in [7, 11) is 0. The van der Waals surface area contributed by atoms with E-state index in [0.717, 1.165) is 10.0 Å². The van der Waals surface area contributed by atoms with Crippen molar-refractivity contribution in [1.82, 2.24) is 0 Å². The maximum Gasteiger partial charge on any atom is 0.249 e. The summed E-state index contributed by atoms with van der Waals surface area (Å²) >= 11 is 3.30. The Morgan fingerprint density at radius 1 is 1.36 bits per heavy atom. The molecule has 0 atom stereocenters. The molecule has 0 aliphatic rings. The van der Waals surface area contributed by atoms with Crippen LogP contribution >= 0.6 is 15.9 Å². The van der Waals surface area contributed by atoms with Gasteiger partial charge in [-0.05, 0) is 39.0 Å². The second-order valence-corrected chi connectivity index (χ2v) is 5.16. The zero-order valence-electron chi connectivity index (χ0n) is 8.60. The molecule has 2 N–H and O–H groups in total. The van der Waals surface area contributed by atoms with Gasteiger partial charge in [0.1, 0.15) is 0 Å². The number of nitrogens with two attached hydrogens (primary N) is 1. The molecule has 0 bridgehead atoms. The fourth-order valence-corrected chi connectivity index (χ4v) is 1.62. The minimum Gasteiger partial charge on any atom is -0.366 e. The number of amides is 1. The van der Waals surface area contributed by atoms with Crippen LogP contribution in [-0.4, -0.2) is 5.91 Å². The maximum absolute atomic E-state index is 11.1. The van der Waals surface area contributed by atoms with E-state index < -0.39 is 5.91 Å². The zero-order valence-corrected chi connectivity index (χ0v) is 10.2. The fourth-order valence-electron chi connectivity index (χ4n) is 1.18. The average molecular weight is 256 g/mol. The molecule has 3 heteroatoms. The van der Waals surface area contributed by atoms with E-state index in [4.69, 9.17) is 5.73 Å². The molecule has 0 saturated carbocycles. The SMILES string of the molecule is CC(C)(C)c1ccc(Br)c(C(N)=O)c1. The first-order chi connectivity index (χ1) is 6.32. The first-order valence-electron chi connectivity index (χ1n) is 4.42. The second kappa shape index (κ2) is 3.73. The number of hydrogen-bond donors (Lipinski definition) is 1. The number of rotatable bonds is 1. The van der Waals surface area contributed by atoms with Crippen molar-refractivity contribution < 1.29 is 4.79 Å². The van der Waals surface area contributed by atoms with Gasteiger partial charge in [0.25, 0.3) is 0 Å². The minimum absolute atomic E-state index is 0.0326. The molecule has 14 heavy (non-hydrogen) atoms. The van der Waals surface area contributed by atoms with E-state index in [1.807, 2.05) is 18.2 Å². The van der Waals surface area contributed by atoms with E-state index in [1.165, 1.54) is 0 Å². The smallest absolute Gasteiger partial charge is 0.249 e. The molecule has 1 rings (SSSR count). The third-order valence-corrected chi connectivity index (χ3v) is 2.79. The largest absolute Gasteiger partial charge is 0.366 e. The highest BCUT2D eigenvalue weighted by atomic mass is 79.9. The Morgan fingerprint density at radius 3 is 2.36 bits per heavy atom. The predicted octanol–water partition coefficient (Wildman–Crippen LogP) is 2.85. The van der Waals surface area contributed by atoms with Crippen LogP contribution in [-0.2, 0) is 5.41 Å². The van der Waals surface area contributed by atoms with Gasteiger partial charge in [-0.15, -0.1) is 0 Å². The zero-order chi connectivity index (χ0) is 10.9. The standard InChI is InChI=1S/C11H14BrNO/c1-11(2,3)7-4-5-9(12)8(6-7)10(13)14/h4-6H,1-3H3,(H2,13,14). The molecule has 0 spiro atoms. The van der Waals surface area contributed by atoms with Gasteiger partial charge < -0.3 is 5.73 Å². The first kappa shape index (κ1) is 11.2. The van der Waals surface area contributed by atoms with E-state index in [1.54, 1.807) is 0 Å². The molecule has 0 unspecified atom stereocenters. The Morgan fingerprint density at radius 2 is 1.93 bits per heavy atom. The quantitative estimate of drug-likeness (QED) is 0.824. The summed E-state index contributed by atoms with van der Waals surface area (Å²) in [4.78, 5) is 11.1. The normalized spacial score (nSPS) is 11.4. The number of primary amides is 1. The van der Waals surface area contributed by atoms with Crippen molar-refractivity contribution >= 4 is 21.8 Å². The Balaban J connectivity index is 3.27. The second-order valence-electron chi connectivity index (χ2n) is 4.31. The molecule has 0 aliphatic carbocycles. The summed E-state index contributed by atoms with van der Waals surface area (Å²) < 4.78 is 0.748. The molecule has 0 heterocycles. The summed E-state index contributed by atoms with van der Waals surface area (Å²) in [5, 5.41) is 0. The Labute approximate surface area is 92.6 Å². The molecule has 76 valence electrons. The summed E-state index contributed by atoms with van der Waals surface area (Å²) in [5.41, 5.74) is 6.94. The van der Waals surface area contributed by atoms with Crippen molar-refractivity contribution in [3.63, 3.8) is 0 Å². The van der Waals surface area contributed by atoms with E-state index in [9.17, 15) is 4.79 Å². The number of halogens is 1. The lowest BCUT2D eigenvalue weighted by Crippen LogP contribution is -2.16. The summed E-state index contributed by atoms with van der Waals surface area (Å²) in [6.07, 6.45) is 0. The summed E-state index contributed by atoms with van der Waals surface area (Å²) in [5.74, 6) is -0.400. The van der Waals surface area contributed by atoms with Gasteiger partial charge in [-0.2, -0.15) is 0 Å². The highest BCUT2D eigenvalue weighted by Gasteiger charge is 2.16. The van der Waals surface area contributed by atoms with E-state index >= 15 is 0 Å². The third kappa shape index (κ3) is 2.35. The number of carbonyl (C=O) groups excluding carboxylic acids is 1. The fraction of sp³-hybridized carbons (Fsp3) is 0.364. The van der Waals surface area contributed by atoms with Gasteiger partial charge in [0.15, 0.2) is 0 Å². The molecular weight excluding hydrogens is 242 g/mol. The molecule has 1 aromatic carbocycles. The summed E-state index contributed by atoms with van der Waals surface area (Å²) in [6.45, 7) is 6.29. The van der Waals surface area contributed by atoms with Crippen molar-refractivity contribution in [2.24, 2.45) is 5.73 Å². The Hall–Kier alpha value is -0.830. The Bertz CT molecular complexity index is 366. The van der Waals surface area contributed by atoms with Gasteiger partial charge >= 0.3 is 0 Å². The van der Waals surface area contributed by atoms with Crippen LogP contribution in [0.25, 0.3) is 0 Å². The molecule has 0 aromatic heterocycles. The van der Waals surface area contributed by atoms with Crippen LogP contribution in [0.5, 0.6) is 0 Å². The number of benzene rings is 1. The van der Waals surface area contributed by atoms with Gasteiger partial charge in [0.2, 0.25) is 5.91 Å². The lowest BCUT2D eigenvalue weighted by molar-refractivity contribution is 0.0999. The molecule has 0 aliphatic heterocycles. The van der Waals surface area contributed by atoms with Gasteiger partial charge in [0, 0.05) is 4.47 Å². The average Bonchev–Trinajstić information content (AvgIpc) is 2.02. The van der Waals surface area contributed by atoms with Crippen LogP contribution in [0, 0.1) is 0 Å². The van der Waals surface area contributed by atoms with E-state index in [0.29, 0.717) is 5.56 Å². The van der Waals surface area contributed by atoms with Crippen molar-refractivity contribution in [2.75, 3.05) is 0 Å².